The van der Waals surface area contributed by atoms with Gasteiger partial charge in [-0.3, -0.25) is 19.2 Å². The van der Waals surface area contributed by atoms with E-state index in [9.17, 15) is 24.0 Å². The Morgan fingerprint density at radius 2 is 1.32 bits per heavy atom. The molecule has 0 unspecified atom stereocenters. The first kappa shape index (κ1) is 28.3. The fourth-order valence-electron chi connectivity index (χ4n) is 2.69. The smallest absolute Gasteiger partial charge is 0.326 e. The van der Waals surface area contributed by atoms with Crippen LogP contribution in [-0.2, 0) is 24.0 Å². The molecule has 0 fully saturated rings. The van der Waals surface area contributed by atoms with Crippen LogP contribution in [0, 0.1) is 5.92 Å². The fraction of sp³-hybridized carbons (Fsp3) is 0.737. The first-order chi connectivity index (χ1) is 14.4. The Bertz CT molecular complexity index is 639. The van der Waals surface area contributed by atoms with Crippen molar-refractivity contribution in [1.29, 1.82) is 0 Å². The predicted octanol–water partition coefficient (Wildman–Crippen LogP) is -1.48. The lowest BCUT2D eigenvalue weighted by atomic mass is 10.0. The van der Waals surface area contributed by atoms with Crippen molar-refractivity contribution in [2.45, 2.75) is 77.0 Å². The Balaban J connectivity index is 5.44. The Labute approximate surface area is 181 Å². The number of nitrogens with two attached hydrogens (primary N) is 2. The molecule has 12 heteroatoms. The van der Waals surface area contributed by atoms with Gasteiger partial charge in [-0.15, -0.1) is 0 Å². The molecule has 178 valence electrons. The molecule has 0 saturated carbocycles. The molecule has 0 saturated heterocycles. The van der Waals surface area contributed by atoms with Crippen LogP contribution in [0.1, 0.15) is 52.9 Å². The van der Waals surface area contributed by atoms with Crippen molar-refractivity contribution in [3.8, 4) is 0 Å². The van der Waals surface area contributed by atoms with Gasteiger partial charge >= 0.3 is 11.9 Å². The van der Waals surface area contributed by atoms with E-state index in [1.54, 1.807) is 0 Å². The number of carbonyl (C=O) groups excluding carboxylic acids is 3. The van der Waals surface area contributed by atoms with Gasteiger partial charge < -0.3 is 37.6 Å². The topological polar surface area (TPSA) is 214 Å². The van der Waals surface area contributed by atoms with E-state index in [0.717, 1.165) is 0 Å². The molecule has 0 aliphatic heterocycles. The third-order valence-corrected chi connectivity index (χ3v) is 4.33. The zero-order valence-electron chi connectivity index (χ0n) is 18.2. The zero-order chi connectivity index (χ0) is 24.1. The van der Waals surface area contributed by atoms with E-state index < -0.39 is 60.2 Å². The highest BCUT2D eigenvalue weighted by Gasteiger charge is 2.30. The van der Waals surface area contributed by atoms with E-state index in [1.807, 2.05) is 13.8 Å². The Morgan fingerprint density at radius 3 is 1.77 bits per heavy atom. The van der Waals surface area contributed by atoms with Crippen molar-refractivity contribution in [1.82, 2.24) is 16.0 Å². The van der Waals surface area contributed by atoms with Gasteiger partial charge in [-0.25, -0.2) is 4.79 Å². The number of carboxylic acids is 2. The average Bonchev–Trinajstić information content (AvgIpc) is 2.64. The number of aliphatic carboxylic acids is 2. The molecule has 0 aromatic carbocycles. The van der Waals surface area contributed by atoms with Crippen molar-refractivity contribution in [2.75, 3.05) is 6.54 Å². The van der Waals surface area contributed by atoms with Gasteiger partial charge in [0.25, 0.3) is 0 Å². The van der Waals surface area contributed by atoms with Gasteiger partial charge in [-0.2, -0.15) is 0 Å². The van der Waals surface area contributed by atoms with Gasteiger partial charge in [0.2, 0.25) is 17.7 Å². The van der Waals surface area contributed by atoms with Crippen LogP contribution in [0.2, 0.25) is 0 Å². The minimum absolute atomic E-state index is 0.0422. The van der Waals surface area contributed by atoms with E-state index in [-0.39, 0.29) is 18.8 Å². The van der Waals surface area contributed by atoms with Gasteiger partial charge in [0.05, 0.1) is 12.5 Å². The van der Waals surface area contributed by atoms with Crippen LogP contribution in [0.15, 0.2) is 0 Å². The van der Waals surface area contributed by atoms with Gasteiger partial charge in [-0.1, -0.05) is 13.8 Å². The second-order valence-corrected chi connectivity index (χ2v) is 7.82. The molecular formula is C19H35N5O7. The summed E-state index contributed by atoms with van der Waals surface area (Å²) in [6.45, 7) is 5.54. The summed E-state index contributed by atoms with van der Waals surface area (Å²) in [5.41, 5.74) is 11.0. The minimum atomic E-state index is -1.65. The number of rotatable bonds is 15. The summed E-state index contributed by atoms with van der Waals surface area (Å²) >= 11 is 0. The van der Waals surface area contributed by atoms with E-state index in [4.69, 9.17) is 21.7 Å². The number of nitrogens with one attached hydrogen (secondary N) is 3. The summed E-state index contributed by atoms with van der Waals surface area (Å²) in [5, 5.41) is 25.2. The molecule has 0 rings (SSSR count). The zero-order valence-corrected chi connectivity index (χ0v) is 18.2. The summed E-state index contributed by atoms with van der Waals surface area (Å²) in [6.07, 6.45) is 0.660. The van der Waals surface area contributed by atoms with Crippen molar-refractivity contribution in [2.24, 2.45) is 17.4 Å². The van der Waals surface area contributed by atoms with E-state index in [1.165, 1.54) is 6.92 Å². The van der Waals surface area contributed by atoms with E-state index in [0.29, 0.717) is 19.4 Å². The fourth-order valence-corrected chi connectivity index (χ4v) is 2.69. The highest BCUT2D eigenvalue weighted by Crippen LogP contribution is 2.08. The van der Waals surface area contributed by atoms with Gasteiger partial charge in [0, 0.05) is 0 Å². The first-order valence-corrected chi connectivity index (χ1v) is 10.2. The maximum absolute atomic E-state index is 12.8. The van der Waals surface area contributed by atoms with Gasteiger partial charge in [-0.05, 0) is 45.1 Å². The summed E-state index contributed by atoms with van der Waals surface area (Å²) in [4.78, 5) is 59.5. The molecule has 9 N–H and O–H groups in total. The molecule has 0 spiro atoms. The second kappa shape index (κ2) is 14.3. The van der Waals surface area contributed by atoms with E-state index in [2.05, 4.69) is 16.0 Å². The molecule has 4 atom stereocenters. The lowest BCUT2D eigenvalue weighted by Gasteiger charge is -2.25. The van der Waals surface area contributed by atoms with Crippen LogP contribution in [0.5, 0.6) is 0 Å². The second-order valence-electron chi connectivity index (χ2n) is 7.82. The Hall–Kier alpha value is -2.73. The largest absolute Gasteiger partial charge is 0.481 e. The molecule has 0 aliphatic rings. The van der Waals surface area contributed by atoms with Gasteiger partial charge in [0.15, 0.2) is 0 Å². The monoisotopic (exact) mass is 445 g/mol. The molecule has 0 aromatic heterocycles. The van der Waals surface area contributed by atoms with Crippen LogP contribution >= 0.6 is 0 Å². The summed E-state index contributed by atoms with van der Waals surface area (Å²) in [7, 11) is 0. The standard InChI is InChI=1S/C19H35N5O7/c1-10(2)8-13(23-16(27)11(3)21)18(29)22-12(6-4-5-7-20)17(28)24-14(19(30)31)9-15(25)26/h10-14H,4-9,20-21H2,1-3H3,(H,22,29)(H,23,27)(H,24,28)(H,25,26)(H,30,31)/t11-,12-,13-,14-/m0/s1. The first-order valence-electron chi connectivity index (χ1n) is 10.2. The predicted molar refractivity (Wildman–Crippen MR) is 112 cm³/mol. The summed E-state index contributed by atoms with van der Waals surface area (Å²) in [5.74, 6) is -4.85. The molecule has 31 heavy (non-hydrogen) atoms. The van der Waals surface area contributed by atoms with Crippen molar-refractivity contribution in [3.05, 3.63) is 0 Å². The van der Waals surface area contributed by atoms with Crippen LogP contribution < -0.4 is 27.4 Å². The molecule has 12 nitrogen and oxygen atoms in total. The lowest BCUT2D eigenvalue weighted by Crippen LogP contribution is -2.57. The van der Waals surface area contributed by atoms with Crippen molar-refractivity contribution >= 4 is 29.7 Å². The third kappa shape index (κ3) is 11.9. The lowest BCUT2D eigenvalue weighted by molar-refractivity contribution is -0.147. The number of carbonyl (C=O) groups is 5. The van der Waals surface area contributed by atoms with Crippen LogP contribution in [0.4, 0.5) is 0 Å². The normalized spacial score (nSPS) is 14.8. The number of hydrogen-bond donors (Lipinski definition) is 7. The Kier molecular flexibility index (Phi) is 13.0. The SMILES string of the molecule is CC(C)C[C@H](NC(=O)[C@H](C)N)C(=O)N[C@@H](CCCCN)C(=O)N[C@@H](CC(=O)O)C(=O)O. The summed E-state index contributed by atoms with van der Waals surface area (Å²) in [6, 6.07) is -4.56. The molecule has 0 radical (unpaired) electrons. The summed E-state index contributed by atoms with van der Waals surface area (Å²) < 4.78 is 0. The number of unbranched alkanes of at least 4 members (excludes halogenated alkanes) is 1. The molecule has 0 bridgehead atoms. The van der Waals surface area contributed by atoms with Crippen LogP contribution in [-0.4, -0.2) is 70.6 Å². The average molecular weight is 446 g/mol. The minimum Gasteiger partial charge on any atom is -0.481 e. The van der Waals surface area contributed by atoms with Crippen molar-refractivity contribution in [3.63, 3.8) is 0 Å². The van der Waals surface area contributed by atoms with Gasteiger partial charge in [0.1, 0.15) is 18.1 Å². The third-order valence-electron chi connectivity index (χ3n) is 4.33. The molecular weight excluding hydrogens is 410 g/mol. The highest BCUT2D eigenvalue weighted by molar-refractivity contribution is 5.94. The molecule has 0 aliphatic carbocycles. The van der Waals surface area contributed by atoms with Crippen molar-refractivity contribution < 1.29 is 34.2 Å². The maximum atomic E-state index is 12.8. The Morgan fingerprint density at radius 1 is 0.806 bits per heavy atom. The van der Waals surface area contributed by atoms with Crippen LogP contribution in [0.25, 0.3) is 0 Å². The quantitative estimate of drug-likeness (QED) is 0.146. The molecule has 0 heterocycles. The molecule has 3 amide bonds. The maximum Gasteiger partial charge on any atom is 0.326 e. The number of amides is 3. The number of hydrogen-bond acceptors (Lipinski definition) is 7. The van der Waals surface area contributed by atoms with E-state index >= 15 is 0 Å². The number of carboxylic acid groups (broad SMARTS) is 2. The molecule has 0 aromatic rings. The van der Waals surface area contributed by atoms with Crippen LogP contribution in [0.3, 0.4) is 0 Å². The highest BCUT2D eigenvalue weighted by atomic mass is 16.4.